The number of hydrogen-bond acceptors (Lipinski definition) is 5. The summed E-state index contributed by atoms with van der Waals surface area (Å²) < 4.78 is 5.21. The lowest BCUT2D eigenvalue weighted by molar-refractivity contribution is -0.131. The van der Waals surface area contributed by atoms with Gasteiger partial charge in [0.2, 0.25) is 11.8 Å². The number of thiophene rings is 1. The van der Waals surface area contributed by atoms with Gasteiger partial charge in [0.05, 0.1) is 13.0 Å². The molecular formula is C21H29N3O3S. The molecule has 0 unspecified atom stereocenters. The van der Waals surface area contributed by atoms with Crippen LogP contribution in [0.5, 0.6) is 0 Å². The van der Waals surface area contributed by atoms with E-state index in [4.69, 9.17) is 4.74 Å². The number of amides is 2. The van der Waals surface area contributed by atoms with Gasteiger partial charge in [0.15, 0.2) is 0 Å². The number of nitrogens with one attached hydrogen (secondary N) is 1. The Kier molecular flexibility index (Phi) is 8.47. The Morgan fingerprint density at radius 2 is 2.00 bits per heavy atom. The van der Waals surface area contributed by atoms with Crippen LogP contribution in [0.15, 0.2) is 35.7 Å². The van der Waals surface area contributed by atoms with Crippen LogP contribution in [0.2, 0.25) is 0 Å². The van der Waals surface area contributed by atoms with Crippen molar-refractivity contribution >= 4 is 34.5 Å². The molecule has 0 aliphatic rings. The van der Waals surface area contributed by atoms with Crippen LogP contribution >= 0.6 is 11.3 Å². The third-order valence-corrected chi connectivity index (χ3v) is 5.23. The van der Waals surface area contributed by atoms with Gasteiger partial charge in [-0.05, 0) is 35.2 Å². The minimum absolute atomic E-state index is 0.0337. The molecule has 1 aromatic heterocycles. The highest BCUT2D eigenvalue weighted by atomic mass is 32.1. The fourth-order valence-corrected chi connectivity index (χ4v) is 3.54. The lowest BCUT2D eigenvalue weighted by atomic mass is 10.1. The number of anilines is 2. The number of hydrogen-bond donors (Lipinski definition) is 1. The molecule has 1 heterocycles. The van der Waals surface area contributed by atoms with Crippen molar-refractivity contribution in [2.75, 3.05) is 44.6 Å². The van der Waals surface area contributed by atoms with Gasteiger partial charge in [-0.2, -0.15) is 0 Å². The van der Waals surface area contributed by atoms with Crippen molar-refractivity contribution < 1.29 is 14.3 Å². The van der Waals surface area contributed by atoms with Gasteiger partial charge >= 0.3 is 0 Å². The van der Waals surface area contributed by atoms with Crippen molar-refractivity contribution in [2.24, 2.45) is 0 Å². The second kappa shape index (κ2) is 10.8. The molecule has 1 aromatic carbocycles. The largest absolute Gasteiger partial charge is 0.383 e. The third kappa shape index (κ3) is 6.35. The topological polar surface area (TPSA) is 61.9 Å². The van der Waals surface area contributed by atoms with E-state index in [1.807, 2.05) is 66.5 Å². The van der Waals surface area contributed by atoms with Crippen LogP contribution in [0.4, 0.5) is 11.4 Å². The highest BCUT2D eigenvalue weighted by Gasteiger charge is 2.18. The number of ether oxygens (including phenoxy) is 1. The van der Waals surface area contributed by atoms with Crippen molar-refractivity contribution in [3.63, 3.8) is 0 Å². The molecule has 0 spiro atoms. The normalized spacial score (nSPS) is 10.6. The Labute approximate surface area is 171 Å². The predicted octanol–water partition coefficient (Wildman–Crippen LogP) is 3.38. The minimum Gasteiger partial charge on any atom is -0.383 e. The third-order valence-electron chi connectivity index (χ3n) is 4.35. The van der Waals surface area contributed by atoms with E-state index in [-0.39, 0.29) is 11.8 Å². The van der Waals surface area contributed by atoms with Gasteiger partial charge in [-0.1, -0.05) is 13.0 Å². The molecule has 0 radical (unpaired) electrons. The highest BCUT2D eigenvalue weighted by molar-refractivity contribution is 7.10. The van der Waals surface area contributed by atoms with Crippen LogP contribution in [0, 0.1) is 0 Å². The zero-order chi connectivity index (χ0) is 20.5. The molecule has 2 rings (SSSR count). The van der Waals surface area contributed by atoms with E-state index in [0.29, 0.717) is 32.5 Å². The summed E-state index contributed by atoms with van der Waals surface area (Å²) in [4.78, 5) is 29.5. The SMILES string of the molecule is CCC(=O)Nc1ccc(N(C)C)c(CN(CCOC)C(=O)Cc2cccs2)c1. The number of methoxy groups -OCH3 is 1. The van der Waals surface area contributed by atoms with E-state index in [0.717, 1.165) is 21.8 Å². The van der Waals surface area contributed by atoms with Gasteiger partial charge in [0.1, 0.15) is 0 Å². The maximum absolute atomic E-state index is 12.9. The number of carbonyl (C=O) groups excluding carboxylic acids is 2. The maximum atomic E-state index is 12.9. The fourth-order valence-electron chi connectivity index (χ4n) is 2.85. The fraction of sp³-hybridized carbons (Fsp3) is 0.429. The van der Waals surface area contributed by atoms with Gasteiger partial charge in [-0.25, -0.2) is 0 Å². The average Bonchev–Trinajstić information content (AvgIpc) is 3.17. The molecule has 0 atom stereocenters. The molecule has 2 amide bonds. The van der Waals surface area contributed by atoms with Gasteiger partial charge in [-0.15, -0.1) is 11.3 Å². The lowest BCUT2D eigenvalue weighted by Gasteiger charge is -2.26. The second-order valence-electron chi connectivity index (χ2n) is 6.70. The molecule has 6 nitrogen and oxygen atoms in total. The zero-order valence-electron chi connectivity index (χ0n) is 17.0. The Hall–Kier alpha value is -2.38. The van der Waals surface area contributed by atoms with E-state index in [2.05, 4.69) is 5.32 Å². The Bertz CT molecular complexity index is 775. The molecule has 152 valence electrons. The standard InChI is InChI=1S/C21H29N3O3S/c1-5-20(25)22-17-8-9-19(23(2)3)16(13-17)15-24(10-11-27-4)21(26)14-18-7-6-12-28-18/h6-9,12-13H,5,10-11,14-15H2,1-4H3,(H,22,25). The first kappa shape index (κ1) is 21.9. The van der Waals surface area contributed by atoms with Gasteiger partial charge in [0, 0.05) is 57.0 Å². The molecule has 1 N–H and O–H groups in total. The monoisotopic (exact) mass is 403 g/mol. The summed E-state index contributed by atoms with van der Waals surface area (Å²) in [6.45, 7) is 3.26. The number of nitrogens with zero attached hydrogens (tertiary/aromatic N) is 2. The van der Waals surface area contributed by atoms with Crippen LogP contribution in [0.3, 0.4) is 0 Å². The second-order valence-corrected chi connectivity index (χ2v) is 7.74. The molecule has 0 aliphatic carbocycles. The number of rotatable bonds is 10. The molecule has 0 aliphatic heterocycles. The Balaban J connectivity index is 2.25. The van der Waals surface area contributed by atoms with Crippen molar-refractivity contribution in [2.45, 2.75) is 26.3 Å². The van der Waals surface area contributed by atoms with Gasteiger partial charge in [0.25, 0.3) is 0 Å². The Morgan fingerprint density at radius 3 is 2.61 bits per heavy atom. The summed E-state index contributed by atoms with van der Waals surface area (Å²) >= 11 is 1.58. The first-order valence-electron chi connectivity index (χ1n) is 9.33. The van der Waals surface area contributed by atoms with Crippen molar-refractivity contribution in [3.8, 4) is 0 Å². The lowest BCUT2D eigenvalue weighted by Crippen LogP contribution is -2.35. The van der Waals surface area contributed by atoms with Crippen LogP contribution in [-0.2, 0) is 27.3 Å². The summed E-state index contributed by atoms with van der Waals surface area (Å²) in [6, 6.07) is 9.74. The van der Waals surface area contributed by atoms with Crippen molar-refractivity contribution in [3.05, 3.63) is 46.2 Å². The molecule has 2 aromatic rings. The van der Waals surface area contributed by atoms with E-state index >= 15 is 0 Å². The molecular weight excluding hydrogens is 374 g/mol. The van der Waals surface area contributed by atoms with Crippen LogP contribution in [0.1, 0.15) is 23.8 Å². The molecule has 0 saturated carbocycles. The van der Waals surface area contributed by atoms with E-state index in [9.17, 15) is 9.59 Å². The van der Waals surface area contributed by atoms with Crippen molar-refractivity contribution in [1.29, 1.82) is 0 Å². The summed E-state index contributed by atoms with van der Waals surface area (Å²) in [7, 11) is 5.57. The Morgan fingerprint density at radius 1 is 1.21 bits per heavy atom. The highest BCUT2D eigenvalue weighted by Crippen LogP contribution is 2.25. The summed E-state index contributed by atoms with van der Waals surface area (Å²) in [5.41, 5.74) is 2.74. The minimum atomic E-state index is -0.0337. The maximum Gasteiger partial charge on any atom is 0.228 e. The van der Waals surface area contributed by atoms with E-state index < -0.39 is 0 Å². The van der Waals surface area contributed by atoms with Crippen molar-refractivity contribution in [1.82, 2.24) is 4.90 Å². The summed E-state index contributed by atoms with van der Waals surface area (Å²) in [6.07, 6.45) is 0.801. The van der Waals surface area contributed by atoms with Crippen LogP contribution in [0.25, 0.3) is 0 Å². The van der Waals surface area contributed by atoms with Crippen LogP contribution in [-0.4, -0.2) is 51.1 Å². The quantitative estimate of drug-likeness (QED) is 0.661. The molecule has 7 heteroatoms. The molecule has 0 fully saturated rings. The van der Waals surface area contributed by atoms with Gasteiger partial charge < -0.3 is 19.9 Å². The van der Waals surface area contributed by atoms with E-state index in [1.165, 1.54) is 0 Å². The van der Waals surface area contributed by atoms with Crippen LogP contribution < -0.4 is 10.2 Å². The smallest absolute Gasteiger partial charge is 0.228 e. The first-order valence-corrected chi connectivity index (χ1v) is 10.2. The zero-order valence-corrected chi connectivity index (χ0v) is 17.8. The predicted molar refractivity (Wildman–Crippen MR) is 115 cm³/mol. The number of carbonyl (C=O) groups is 2. The summed E-state index contributed by atoms with van der Waals surface area (Å²) in [5.74, 6) is 0.0285. The first-order chi connectivity index (χ1) is 13.4. The molecule has 0 saturated heterocycles. The van der Waals surface area contributed by atoms with Gasteiger partial charge in [-0.3, -0.25) is 9.59 Å². The molecule has 28 heavy (non-hydrogen) atoms. The molecule has 0 bridgehead atoms. The average molecular weight is 404 g/mol. The number of benzene rings is 1. The van der Waals surface area contributed by atoms with E-state index in [1.54, 1.807) is 18.4 Å². The summed E-state index contributed by atoms with van der Waals surface area (Å²) in [5, 5.41) is 4.87.